The molecule has 0 spiro atoms. The van der Waals surface area contributed by atoms with Crippen molar-refractivity contribution in [1.82, 2.24) is 0 Å². The molecule has 2 aliphatic carbocycles. The number of hydrogen-bond donors (Lipinski definition) is 0. The molecule has 0 aliphatic heterocycles. The van der Waals surface area contributed by atoms with Crippen molar-refractivity contribution in [1.29, 1.82) is 0 Å². The molecule has 0 heterocycles. The van der Waals surface area contributed by atoms with Gasteiger partial charge in [-0.15, -0.1) is 0 Å². The standard InChI is InChI=1S/C40H42O10/c1-5-47-35(43)39(36(44)48-6-2)19-29-15-27(33(23-41)17-31(29)21-39)13-25-10-9-11-26(12-25)14-28-16-30-20-40(37(45)49-7-3,38(46)50-8-4)22-32(30)18-34(28)24-42/h9-12,15-18,23-24H,5-8,13-14,19-22H2,1-4H3. The van der Waals surface area contributed by atoms with Gasteiger partial charge in [0.2, 0.25) is 0 Å². The highest BCUT2D eigenvalue weighted by molar-refractivity contribution is 6.02. The van der Waals surface area contributed by atoms with E-state index in [2.05, 4.69) is 0 Å². The minimum atomic E-state index is -1.49. The van der Waals surface area contributed by atoms with E-state index in [0.717, 1.165) is 57.1 Å². The molecule has 262 valence electrons. The Kier molecular flexibility index (Phi) is 11.0. The van der Waals surface area contributed by atoms with Crippen LogP contribution < -0.4 is 0 Å². The first-order valence-electron chi connectivity index (χ1n) is 17.0. The second kappa shape index (κ2) is 15.2. The Labute approximate surface area is 291 Å². The molecule has 5 rings (SSSR count). The zero-order valence-electron chi connectivity index (χ0n) is 28.9. The van der Waals surface area contributed by atoms with Crippen molar-refractivity contribution in [2.75, 3.05) is 26.4 Å². The van der Waals surface area contributed by atoms with Gasteiger partial charge in [-0.2, -0.15) is 0 Å². The Morgan fingerprint density at radius 3 is 1.16 bits per heavy atom. The van der Waals surface area contributed by atoms with Crippen molar-refractivity contribution in [3.8, 4) is 0 Å². The van der Waals surface area contributed by atoms with E-state index in [9.17, 15) is 28.8 Å². The number of ether oxygens (including phenoxy) is 4. The van der Waals surface area contributed by atoms with E-state index in [-0.39, 0.29) is 52.1 Å². The van der Waals surface area contributed by atoms with Crippen LogP contribution in [0.2, 0.25) is 0 Å². The fourth-order valence-corrected chi connectivity index (χ4v) is 7.24. The summed E-state index contributed by atoms with van der Waals surface area (Å²) in [5, 5.41) is 0. The molecule has 0 saturated heterocycles. The monoisotopic (exact) mass is 682 g/mol. The Morgan fingerprint density at radius 1 is 0.540 bits per heavy atom. The topological polar surface area (TPSA) is 139 Å². The predicted octanol–water partition coefficient (Wildman–Crippen LogP) is 4.92. The quantitative estimate of drug-likeness (QED) is 0.0997. The number of hydrogen-bond acceptors (Lipinski definition) is 10. The fourth-order valence-electron chi connectivity index (χ4n) is 7.24. The SMILES string of the molecule is CCOC(=O)C1(C(=O)OCC)Cc2cc(C=O)c(Cc3cccc(Cc4cc5c(cc4C=O)CC(C(=O)OCC)(C(=O)OCC)C5)c3)cc2C1. The van der Waals surface area contributed by atoms with Crippen molar-refractivity contribution in [3.63, 3.8) is 0 Å². The van der Waals surface area contributed by atoms with Crippen LogP contribution in [0.1, 0.15) is 92.9 Å². The maximum Gasteiger partial charge on any atom is 0.324 e. The van der Waals surface area contributed by atoms with Crippen LogP contribution in [0, 0.1) is 10.8 Å². The Hall–Kier alpha value is -5.12. The van der Waals surface area contributed by atoms with Crippen LogP contribution in [0.15, 0.2) is 48.5 Å². The fraction of sp³-hybridized carbons (Fsp3) is 0.400. The first kappa shape index (κ1) is 36.2. The van der Waals surface area contributed by atoms with Gasteiger partial charge in [0, 0.05) is 11.1 Å². The van der Waals surface area contributed by atoms with Crippen molar-refractivity contribution in [2.45, 2.75) is 66.2 Å². The highest BCUT2D eigenvalue weighted by atomic mass is 16.6. The van der Waals surface area contributed by atoms with E-state index < -0.39 is 34.7 Å². The average Bonchev–Trinajstić information content (AvgIpc) is 3.68. The molecule has 3 aromatic rings. The summed E-state index contributed by atoms with van der Waals surface area (Å²) in [6.07, 6.45) is 2.80. The molecule has 2 aliphatic rings. The number of carbonyl (C=O) groups is 6. The summed E-state index contributed by atoms with van der Waals surface area (Å²) in [7, 11) is 0. The van der Waals surface area contributed by atoms with Crippen LogP contribution in [0.4, 0.5) is 0 Å². The molecular weight excluding hydrogens is 640 g/mol. The number of aldehydes is 2. The molecule has 0 fully saturated rings. The summed E-state index contributed by atoms with van der Waals surface area (Å²) in [5.41, 5.74) is 4.33. The van der Waals surface area contributed by atoms with Gasteiger partial charge in [0.1, 0.15) is 12.6 Å². The van der Waals surface area contributed by atoms with Gasteiger partial charge in [0.25, 0.3) is 0 Å². The highest BCUT2D eigenvalue weighted by Crippen LogP contribution is 2.42. The van der Waals surface area contributed by atoms with Crippen LogP contribution in [-0.4, -0.2) is 62.9 Å². The van der Waals surface area contributed by atoms with Crippen LogP contribution >= 0.6 is 0 Å². The number of fused-ring (bicyclic) bond motifs is 2. The van der Waals surface area contributed by atoms with Gasteiger partial charge in [-0.3, -0.25) is 28.8 Å². The first-order valence-corrected chi connectivity index (χ1v) is 17.0. The lowest BCUT2D eigenvalue weighted by molar-refractivity contribution is -0.173. The summed E-state index contributed by atoms with van der Waals surface area (Å²) in [6.45, 7) is 7.23. The lowest BCUT2D eigenvalue weighted by Gasteiger charge is -2.23. The van der Waals surface area contributed by atoms with Gasteiger partial charge in [-0.25, -0.2) is 0 Å². The Balaban J connectivity index is 1.41. The summed E-state index contributed by atoms with van der Waals surface area (Å²) < 4.78 is 21.2. The molecule has 50 heavy (non-hydrogen) atoms. The molecule has 0 N–H and O–H groups in total. The zero-order chi connectivity index (χ0) is 36.1. The lowest BCUT2D eigenvalue weighted by Crippen LogP contribution is -2.43. The second-order valence-corrected chi connectivity index (χ2v) is 12.8. The predicted molar refractivity (Wildman–Crippen MR) is 182 cm³/mol. The largest absolute Gasteiger partial charge is 0.465 e. The normalized spacial score (nSPS) is 15.0. The van der Waals surface area contributed by atoms with Gasteiger partial charge in [-0.1, -0.05) is 36.4 Å². The Bertz CT molecular complexity index is 1670. The van der Waals surface area contributed by atoms with Crippen LogP contribution in [0.5, 0.6) is 0 Å². The third-order valence-electron chi connectivity index (χ3n) is 9.59. The van der Waals surface area contributed by atoms with Crippen molar-refractivity contribution in [2.24, 2.45) is 10.8 Å². The van der Waals surface area contributed by atoms with E-state index in [4.69, 9.17) is 18.9 Å². The van der Waals surface area contributed by atoms with E-state index in [1.54, 1.807) is 39.8 Å². The maximum atomic E-state index is 13.1. The average molecular weight is 683 g/mol. The van der Waals surface area contributed by atoms with Gasteiger partial charge in [-0.05, 0) is 123 Å². The number of benzene rings is 3. The van der Waals surface area contributed by atoms with Gasteiger partial charge in [0.15, 0.2) is 10.8 Å². The molecule has 0 aromatic heterocycles. The minimum absolute atomic E-state index is 0.0944. The van der Waals surface area contributed by atoms with Crippen LogP contribution in [0.3, 0.4) is 0 Å². The smallest absolute Gasteiger partial charge is 0.324 e. The summed E-state index contributed by atoms with van der Waals surface area (Å²) >= 11 is 0. The molecule has 10 nitrogen and oxygen atoms in total. The molecular formula is C40H42O10. The second-order valence-electron chi connectivity index (χ2n) is 12.8. The highest BCUT2D eigenvalue weighted by Gasteiger charge is 2.54. The summed E-state index contributed by atoms with van der Waals surface area (Å²) in [6, 6.07) is 15.1. The minimum Gasteiger partial charge on any atom is -0.465 e. The molecule has 0 atom stereocenters. The van der Waals surface area contributed by atoms with Crippen LogP contribution in [0.25, 0.3) is 0 Å². The molecule has 10 heteroatoms. The van der Waals surface area contributed by atoms with Crippen molar-refractivity contribution < 1.29 is 47.7 Å². The lowest BCUT2D eigenvalue weighted by atomic mass is 9.84. The van der Waals surface area contributed by atoms with Gasteiger partial charge >= 0.3 is 23.9 Å². The molecule has 0 unspecified atom stereocenters. The Morgan fingerprint density at radius 2 is 0.860 bits per heavy atom. The molecule has 0 radical (unpaired) electrons. The number of esters is 4. The molecule has 0 amide bonds. The number of carbonyl (C=O) groups excluding carboxylic acids is 6. The van der Waals surface area contributed by atoms with Crippen molar-refractivity contribution in [3.05, 3.63) is 104 Å². The molecule has 0 bridgehead atoms. The van der Waals surface area contributed by atoms with Crippen molar-refractivity contribution >= 4 is 36.4 Å². The van der Waals surface area contributed by atoms with Gasteiger partial charge in [0.05, 0.1) is 26.4 Å². The zero-order valence-corrected chi connectivity index (χ0v) is 28.9. The molecule has 3 aromatic carbocycles. The van der Waals surface area contributed by atoms with E-state index in [0.29, 0.717) is 24.0 Å². The summed E-state index contributed by atoms with van der Waals surface area (Å²) in [4.78, 5) is 76.8. The maximum absolute atomic E-state index is 13.1. The van der Waals surface area contributed by atoms with Gasteiger partial charge < -0.3 is 18.9 Å². The first-order chi connectivity index (χ1) is 24.1. The van der Waals surface area contributed by atoms with Crippen LogP contribution in [-0.2, 0) is 76.7 Å². The molecule has 0 saturated carbocycles. The van der Waals surface area contributed by atoms with E-state index >= 15 is 0 Å². The number of rotatable bonds is 14. The van der Waals surface area contributed by atoms with E-state index in [1.807, 2.05) is 36.4 Å². The third kappa shape index (κ3) is 6.84. The third-order valence-corrected chi connectivity index (χ3v) is 9.59. The summed E-state index contributed by atoms with van der Waals surface area (Å²) in [5.74, 6) is -2.54. The van der Waals surface area contributed by atoms with E-state index in [1.165, 1.54) is 0 Å².